The monoisotopic (exact) mass is 302 g/mol. The van der Waals surface area contributed by atoms with Crippen molar-refractivity contribution in [3.63, 3.8) is 0 Å². The van der Waals surface area contributed by atoms with Gasteiger partial charge in [-0.3, -0.25) is 4.90 Å². The molecule has 21 heavy (non-hydrogen) atoms. The molecule has 0 radical (unpaired) electrons. The Morgan fingerprint density at radius 1 is 1.24 bits per heavy atom. The third-order valence-corrected chi connectivity index (χ3v) is 3.78. The Labute approximate surface area is 118 Å². The first-order valence-corrected chi connectivity index (χ1v) is 6.64. The average Bonchev–Trinajstić information content (AvgIpc) is 2.70. The van der Waals surface area contributed by atoms with Crippen molar-refractivity contribution in [2.24, 2.45) is 0 Å². The molecule has 0 fully saturated rings. The summed E-state index contributed by atoms with van der Waals surface area (Å²) < 4.78 is 54.0. The highest BCUT2D eigenvalue weighted by Gasteiger charge is 2.35. The summed E-state index contributed by atoms with van der Waals surface area (Å²) in [7, 11) is 0. The molecule has 8 heteroatoms. The first-order valence-electron chi connectivity index (χ1n) is 6.64. The number of fused-ring (bicyclic) bond motifs is 3. The predicted octanol–water partition coefficient (Wildman–Crippen LogP) is 2.81. The van der Waals surface area contributed by atoms with Crippen molar-refractivity contribution in [2.75, 3.05) is 6.54 Å². The van der Waals surface area contributed by atoms with Crippen LogP contribution in [-0.4, -0.2) is 32.0 Å². The minimum absolute atomic E-state index is 0.180. The Kier molecular flexibility index (Phi) is 3.16. The average molecular weight is 302 g/mol. The smallest absolute Gasteiger partial charge is 0.323 e. The maximum atomic E-state index is 14.4. The van der Waals surface area contributed by atoms with Crippen LogP contribution in [0.25, 0.3) is 11.2 Å². The molecule has 0 aliphatic carbocycles. The van der Waals surface area contributed by atoms with E-state index in [9.17, 15) is 17.6 Å². The molecule has 114 valence electrons. The number of nitrogens with zero attached hydrogens (tertiary/aromatic N) is 4. The van der Waals surface area contributed by atoms with Gasteiger partial charge in [0.25, 0.3) is 0 Å². The number of aromatic nitrogens is 3. The van der Waals surface area contributed by atoms with Gasteiger partial charge < -0.3 is 4.57 Å². The highest BCUT2D eigenvalue weighted by molar-refractivity contribution is 5.74. The fourth-order valence-electron chi connectivity index (χ4n) is 2.58. The van der Waals surface area contributed by atoms with Gasteiger partial charge in [-0.2, -0.15) is 13.2 Å². The fraction of sp³-hybridized carbons (Fsp3) is 0.538. The van der Waals surface area contributed by atoms with Gasteiger partial charge in [-0.25, -0.2) is 14.4 Å². The van der Waals surface area contributed by atoms with E-state index in [4.69, 9.17) is 0 Å². The highest BCUT2D eigenvalue weighted by atomic mass is 19.4. The van der Waals surface area contributed by atoms with E-state index in [-0.39, 0.29) is 17.2 Å². The van der Waals surface area contributed by atoms with E-state index < -0.39 is 17.7 Å². The van der Waals surface area contributed by atoms with Crippen LogP contribution in [0.4, 0.5) is 17.6 Å². The van der Waals surface area contributed by atoms with Gasteiger partial charge in [-0.05, 0) is 13.8 Å². The summed E-state index contributed by atoms with van der Waals surface area (Å²) >= 11 is 0. The molecule has 0 bridgehead atoms. The Hall–Kier alpha value is -1.70. The van der Waals surface area contributed by atoms with E-state index in [2.05, 4.69) is 14.9 Å². The SMILES string of the molecule is CC(C)N1CCn2c(c(F)c3nc(C(F)(F)F)cnc32)C1. The number of rotatable bonds is 1. The molecule has 0 saturated heterocycles. The Bertz CT molecular complexity index is 690. The maximum Gasteiger partial charge on any atom is 0.434 e. The molecule has 4 nitrogen and oxygen atoms in total. The van der Waals surface area contributed by atoms with E-state index in [1.807, 2.05) is 13.8 Å². The van der Waals surface area contributed by atoms with Crippen LogP contribution in [-0.2, 0) is 19.3 Å². The first-order chi connectivity index (χ1) is 9.79. The summed E-state index contributed by atoms with van der Waals surface area (Å²) in [6.07, 6.45) is -3.97. The quantitative estimate of drug-likeness (QED) is 0.760. The Balaban J connectivity index is 2.13. The normalized spacial score (nSPS) is 16.7. The number of hydrogen-bond donors (Lipinski definition) is 0. The molecule has 1 aliphatic heterocycles. The van der Waals surface area contributed by atoms with Crippen LogP contribution in [0.1, 0.15) is 25.2 Å². The van der Waals surface area contributed by atoms with Crippen LogP contribution in [0.3, 0.4) is 0 Å². The van der Waals surface area contributed by atoms with Gasteiger partial charge in [0.2, 0.25) is 0 Å². The summed E-state index contributed by atoms with van der Waals surface area (Å²) in [6.45, 7) is 5.54. The largest absolute Gasteiger partial charge is 0.434 e. The van der Waals surface area contributed by atoms with Gasteiger partial charge in [0, 0.05) is 25.7 Å². The molecule has 0 aromatic carbocycles. The fourth-order valence-corrected chi connectivity index (χ4v) is 2.58. The van der Waals surface area contributed by atoms with Crippen molar-refractivity contribution < 1.29 is 17.6 Å². The predicted molar refractivity (Wildman–Crippen MR) is 68.0 cm³/mol. The summed E-state index contributed by atoms with van der Waals surface area (Å²) in [5.74, 6) is -0.700. The summed E-state index contributed by atoms with van der Waals surface area (Å²) in [6, 6.07) is 0.239. The van der Waals surface area contributed by atoms with E-state index in [1.165, 1.54) is 0 Å². The van der Waals surface area contributed by atoms with Gasteiger partial charge in [0.05, 0.1) is 11.9 Å². The molecule has 3 heterocycles. The lowest BCUT2D eigenvalue weighted by Crippen LogP contribution is -2.38. The minimum atomic E-state index is -4.62. The zero-order chi connectivity index (χ0) is 15.4. The molecular weight excluding hydrogens is 288 g/mol. The van der Waals surface area contributed by atoms with Crippen LogP contribution < -0.4 is 0 Å². The standard InChI is InChI=1S/C13H14F4N4/c1-7(2)20-3-4-21-8(6-20)10(14)11-12(21)18-5-9(19-11)13(15,16)17/h5,7H,3-4,6H2,1-2H3. The van der Waals surface area contributed by atoms with Gasteiger partial charge in [-0.1, -0.05) is 0 Å². The second-order valence-corrected chi connectivity index (χ2v) is 5.40. The summed E-state index contributed by atoms with van der Waals surface area (Å²) in [5, 5.41) is 0. The third-order valence-electron chi connectivity index (χ3n) is 3.78. The zero-order valence-electron chi connectivity index (χ0n) is 11.6. The lowest BCUT2D eigenvalue weighted by atomic mass is 10.2. The van der Waals surface area contributed by atoms with Crippen LogP contribution in [0.2, 0.25) is 0 Å². The van der Waals surface area contributed by atoms with Crippen molar-refractivity contribution in [3.05, 3.63) is 23.4 Å². The van der Waals surface area contributed by atoms with E-state index in [0.29, 0.717) is 31.5 Å². The molecule has 3 rings (SSSR count). The van der Waals surface area contributed by atoms with Crippen molar-refractivity contribution in [1.29, 1.82) is 0 Å². The van der Waals surface area contributed by atoms with Gasteiger partial charge in [0.15, 0.2) is 17.2 Å². The molecular formula is C13H14F4N4. The van der Waals surface area contributed by atoms with Crippen LogP contribution in [0.5, 0.6) is 0 Å². The van der Waals surface area contributed by atoms with E-state index in [0.717, 1.165) is 0 Å². The Morgan fingerprint density at radius 3 is 2.57 bits per heavy atom. The van der Waals surface area contributed by atoms with Gasteiger partial charge >= 0.3 is 6.18 Å². The van der Waals surface area contributed by atoms with Crippen LogP contribution in [0.15, 0.2) is 6.20 Å². The number of hydrogen-bond acceptors (Lipinski definition) is 3. The van der Waals surface area contributed by atoms with Crippen molar-refractivity contribution in [1.82, 2.24) is 19.4 Å². The molecule has 0 unspecified atom stereocenters. The molecule has 0 saturated carbocycles. The molecule has 2 aromatic heterocycles. The molecule has 1 aliphatic rings. The van der Waals surface area contributed by atoms with Crippen molar-refractivity contribution in [2.45, 2.75) is 39.2 Å². The molecule has 0 atom stereocenters. The molecule has 0 amide bonds. The van der Waals surface area contributed by atoms with Crippen molar-refractivity contribution >= 4 is 11.2 Å². The van der Waals surface area contributed by atoms with Crippen LogP contribution >= 0.6 is 0 Å². The first kappa shape index (κ1) is 14.2. The molecule has 0 spiro atoms. The van der Waals surface area contributed by atoms with Gasteiger partial charge in [-0.15, -0.1) is 0 Å². The van der Waals surface area contributed by atoms with Crippen molar-refractivity contribution in [3.8, 4) is 0 Å². The minimum Gasteiger partial charge on any atom is -0.323 e. The number of alkyl halides is 3. The van der Waals surface area contributed by atoms with Gasteiger partial charge in [0.1, 0.15) is 5.52 Å². The van der Waals surface area contributed by atoms with E-state index in [1.54, 1.807) is 4.57 Å². The lowest BCUT2D eigenvalue weighted by Gasteiger charge is -2.31. The van der Waals surface area contributed by atoms with Crippen LogP contribution in [0, 0.1) is 5.82 Å². The van der Waals surface area contributed by atoms with E-state index >= 15 is 0 Å². The number of halogens is 4. The highest BCUT2D eigenvalue weighted by Crippen LogP contribution is 2.31. The zero-order valence-corrected chi connectivity index (χ0v) is 11.6. The topological polar surface area (TPSA) is 34.0 Å². The third kappa shape index (κ3) is 2.27. The maximum absolute atomic E-state index is 14.4. The summed E-state index contributed by atoms with van der Waals surface area (Å²) in [4.78, 5) is 9.25. The summed E-state index contributed by atoms with van der Waals surface area (Å²) in [5.41, 5.74) is -0.939. The second-order valence-electron chi connectivity index (χ2n) is 5.40. The second kappa shape index (κ2) is 4.66. The molecule has 0 N–H and O–H groups in total. The lowest BCUT2D eigenvalue weighted by molar-refractivity contribution is -0.141. The Morgan fingerprint density at radius 2 is 1.95 bits per heavy atom. The molecule has 2 aromatic rings.